The highest BCUT2D eigenvalue weighted by atomic mass is 32.2. The van der Waals surface area contributed by atoms with Crippen LogP contribution in [0.5, 0.6) is 5.75 Å². The minimum absolute atomic E-state index is 0.0279. The smallest absolute Gasteiger partial charge is 0.419 e. The average Bonchev–Trinajstić information content (AvgIpc) is 3.23. The van der Waals surface area contributed by atoms with E-state index in [4.69, 9.17) is 9.84 Å². The maximum Gasteiger partial charge on any atom is 0.419 e. The number of piperidine rings is 1. The van der Waals surface area contributed by atoms with E-state index in [0.717, 1.165) is 22.8 Å². The number of carbonyl (C=O) groups is 1. The zero-order chi connectivity index (χ0) is 29.9. The summed E-state index contributed by atoms with van der Waals surface area (Å²) in [7, 11) is -1.32. The number of ether oxygens (including phenoxy) is 1. The number of amides is 1. The van der Waals surface area contributed by atoms with E-state index in [-0.39, 0.29) is 37.5 Å². The third-order valence-electron chi connectivity index (χ3n) is 7.49. The summed E-state index contributed by atoms with van der Waals surface area (Å²) in [5, 5.41) is 20.9. The summed E-state index contributed by atoms with van der Waals surface area (Å²) in [4.78, 5) is 17.3. The summed E-state index contributed by atoms with van der Waals surface area (Å²) in [6, 6.07) is 6.26. The Bertz CT molecular complexity index is 1320. The maximum absolute atomic E-state index is 13.7. The maximum atomic E-state index is 13.7. The lowest BCUT2D eigenvalue weighted by molar-refractivity contribution is -0.140. The molecule has 0 bridgehead atoms. The number of carbonyl (C=O) groups excluding carboxylic acids is 1. The van der Waals surface area contributed by atoms with E-state index >= 15 is 0 Å². The van der Waals surface area contributed by atoms with Gasteiger partial charge in [0.25, 0.3) is 5.91 Å². The van der Waals surface area contributed by atoms with Gasteiger partial charge in [0.05, 0.1) is 35.9 Å². The third kappa shape index (κ3) is 7.14. The number of aliphatic hydroxyl groups is 2. The van der Waals surface area contributed by atoms with Crippen LogP contribution in [0, 0.1) is 19.7 Å². The zero-order valence-electron chi connectivity index (χ0n) is 22.8. The highest BCUT2D eigenvalue weighted by molar-refractivity contribution is 7.82. The molecule has 41 heavy (non-hydrogen) atoms. The molecule has 0 aliphatic carbocycles. The van der Waals surface area contributed by atoms with E-state index < -0.39 is 46.1 Å². The van der Waals surface area contributed by atoms with Crippen LogP contribution in [-0.4, -0.2) is 74.2 Å². The van der Waals surface area contributed by atoms with Crippen LogP contribution in [0.4, 0.5) is 17.6 Å². The van der Waals surface area contributed by atoms with Gasteiger partial charge in [-0.3, -0.25) is 9.79 Å². The van der Waals surface area contributed by atoms with Crippen LogP contribution in [-0.2, 0) is 28.4 Å². The van der Waals surface area contributed by atoms with E-state index in [1.807, 2.05) is 26.0 Å². The number of amidine groups is 1. The number of rotatable bonds is 10. The summed E-state index contributed by atoms with van der Waals surface area (Å²) in [6.07, 6.45) is -4.34. The van der Waals surface area contributed by atoms with Crippen LogP contribution in [0.15, 0.2) is 35.3 Å². The quantitative estimate of drug-likeness (QED) is 0.364. The van der Waals surface area contributed by atoms with Crippen molar-refractivity contribution in [1.29, 1.82) is 0 Å². The van der Waals surface area contributed by atoms with E-state index in [2.05, 4.69) is 10.3 Å². The van der Waals surface area contributed by atoms with Gasteiger partial charge in [0.2, 0.25) is 0 Å². The summed E-state index contributed by atoms with van der Waals surface area (Å²) in [5.41, 5.74) is 0.395. The monoisotopic (exact) mass is 599 g/mol. The first kappa shape index (κ1) is 31.1. The Labute approximate surface area is 238 Å². The zero-order valence-corrected chi connectivity index (χ0v) is 23.6. The molecule has 2 aliphatic heterocycles. The second-order valence-corrected chi connectivity index (χ2v) is 11.9. The van der Waals surface area contributed by atoms with Gasteiger partial charge < -0.3 is 20.3 Å². The molecule has 2 aromatic rings. The molecule has 2 aliphatic rings. The summed E-state index contributed by atoms with van der Waals surface area (Å²) in [6.45, 7) is 4.47. The molecule has 3 N–H and O–H groups in total. The number of benzene rings is 2. The number of aryl methyl sites for hydroxylation is 2. The van der Waals surface area contributed by atoms with Crippen molar-refractivity contribution in [1.82, 2.24) is 9.62 Å². The first-order valence-corrected chi connectivity index (χ1v) is 14.5. The molecule has 2 atom stereocenters. The number of hydrogen-bond donors (Lipinski definition) is 3. The number of aliphatic imine (C=N–C) groups is 1. The van der Waals surface area contributed by atoms with Crippen molar-refractivity contribution in [3.63, 3.8) is 0 Å². The van der Waals surface area contributed by atoms with Crippen molar-refractivity contribution in [2.24, 2.45) is 4.99 Å². The number of aliphatic hydroxyl groups excluding tert-OH is 2. The molecule has 2 unspecified atom stereocenters. The molecule has 224 valence electrons. The summed E-state index contributed by atoms with van der Waals surface area (Å²) >= 11 is 0. The van der Waals surface area contributed by atoms with Gasteiger partial charge in [0, 0.05) is 30.8 Å². The van der Waals surface area contributed by atoms with Crippen LogP contribution in [0.25, 0.3) is 0 Å². The molecular formula is C28H33F4N3O5S. The second-order valence-electron chi connectivity index (χ2n) is 10.4. The van der Waals surface area contributed by atoms with Crippen LogP contribution < -0.4 is 10.1 Å². The Hall–Kier alpha value is -2.87. The van der Waals surface area contributed by atoms with Gasteiger partial charge in [-0.15, -0.1) is 0 Å². The first-order valence-electron chi connectivity index (χ1n) is 13.3. The van der Waals surface area contributed by atoms with Crippen LogP contribution in [0.1, 0.15) is 47.1 Å². The Morgan fingerprint density at radius 3 is 2.44 bits per heavy atom. The molecule has 1 spiro atoms. The SMILES string of the molecule is Cc1cc(OCCC(O)CO)cc(C)c1CCS(=O)N1CCC2(CC1)N=C(c1ccc(F)c(C(F)(F)F)c1)NC2=O. The lowest BCUT2D eigenvalue weighted by Crippen LogP contribution is -2.49. The fourth-order valence-electron chi connectivity index (χ4n) is 5.10. The minimum Gasteiger partial charge on any atom is -0.493 e. The lowest BCUT2D eigenvalue weighted by atomic mass is 9.89. The molecule has 1 fully saturated rings. The van der Waals surface area contributed by atoms with Gasteiger partial charge in [-0.1, -0.05) is 0 Å². The molecule has 2 heterocycles. The molecule has 8 nitrogen and oxygen atoms in total. The molecule has 2 aromatic carbocycles. The van der Waals surface area contributed by atoms with Gasteiger partial charge in [0.15, 0.2) is 0 Å². The predicted octanol–water partition coefficient (Wildman–Crippen LogP) is 3.20. The molecule has 1 saturated heterocycles. The summed E-state index contributed by atoms with van der Waals surface area (Å²) < 4.78 is 73.7. The number of nitrogens with one attached hydrogen (secondary N) is 1. The topological polar surface area (TPSA) is 111 Å². The third-order valence-corrected chi connectivity index (χ3v) is 8.98. The molecule has 0 saturated carbocycles. The standard InChI is InChI=1S/C28H33F4N3O5S/c1-17-13-21(40-11-5-20(37)16-36)14-18(2)22(17)6-12-41(39)35-9-7-27(8-10-35)26(38)33-25(34-27)19-3-4-24(29)23(15-19)28(30,31)32/h3-4,13-15,20,36-37H,5-12,16H2,1-2H3,(H,33,34,38). The van der Waals surface area contributed by atoms with Gasteiger partial charge in [-0.05, 0) is 80.1 Å². The molecule has 13 heteroatoms. The Kier molecular flexibility index (Phi) is 9.52. The highest BCUT2D eigenvalue weighted by Crippen LogP contribution is 2.35. The fraction of sp³-hybridized carbons (Fsp3) is 0.500. The number of alkyl halides is 3. The van der Waals surface area contributed by atoms with Gasteiger partial charge in [-0.25, -0.2) is 12.9 Å². The highest BCUT2D eigenvalue weighted by Gasteiger charge is 2.47. The van der Waals surface area contributed by atoms with Crippen molar-refractivity contribution in [2.45, 2.75) is 57.3 Å². The van der Waals surface area contributed by atoms with Crippen molar-refractivity contribution in [3.8, 4) is 5.75 Å². The van der Waals surface area contributed by atoms with Crippen molar-refractivity contribution < 1.29 is 41.5 Å². The second kappa shape index (κ2) is 12.6. The van der Waals surface area contributed by atoms with Crippen LogP contribution in [0.2, 0.25) is 0 Å². The van der Waals surface area contributed by atoms with Crippen molar-refractivity contribution in [2.75, 3.05) is 32.1 Å². The number of hydrogen-bond acceptors (Lipinski definition) is 6. The van der Waals surface area contributed by atoms with E-state index in [0.29, 0.717) is 49.6 Å². The molecule has 0 aromatic heterocycles. The molecule has 1 amide bonds. The van der Waals surface area contributed by atoms with E-state index in [1.165, 1.54) is 0 Å². The molecule has 0 radical (unpaired) electrons. The summed E-state index contributed by atoms with van der Waals surface area (Å²) in [5.74, 6) is -0.843. The van der Waals surface area contributed by atoms with Gasteiger partial charge in [0.1, 0.15) is 22.9 Å². The Balaban J connectivity index is 1.35. The van der Waals surface area contributed by atoms with Gasteiger partial charge in [-0.2, -0.15) is 13.2 Å². The predicted molar refractivity (Wildman–Crippen MR) is 145 cm³/mol. The largest absolute Gasteiger partial charge is 0.493 e. The Morgan fingerprint density at radius 2 is 1.83 bits per heavy atom. The lowest BCUT2D eigenvalue weighted by Gasteiger charge is -2.34. The Morgan fingerprint density at radius 1 is 1.17 bits per heavy atom. The van der Waals surface area contributed by atoms with E-state index in [1.54, 1.807) is 4.31 Å². The minimum atomic E-state index is -4.88. The normalized spacial score (nSPS) is 18.7. The van der Waals surface area contributed by atoms with Gasteiger partial charge >= 0.3 is 6.18 Å². The molecule has 4 rings (SSSR count). The average molecular weight is 600 g/mol. The van der Waals surface area contributed by atoms with E-state index in [9.17, 15) is 31.7 Å². The van der Waals surface area contributed by atoms with Crippen LogP contribution >= 0.6 is 0 Å². The number of nitrogens with zero attached hydrogens (tertiary/aromatic N) is 2. The van der Waals surface area contributed by atoms with Crippen molar-refractivity contribution >= 4 is 22.7 Å². The first-order chi connectivity index (χ1) is 19.3. The fourth-order valence-corrected chi connectivity index (χ4v) is 6.32. The molecular weight excluding hydrogens is 566 g/mol. The number of halogens is 4. The van der Waals surface area contributed by atoms with Crippen molar-refractivity contribution in [3.05, 3.63) is 64.0 Å². The van der Waals surface area contributed by atoms with Crippen LogP contribution in [0.3, 0.4) is 0 Å².